The van der Waals surface area contributed by atoms with Crippen molar-refractivity contribution >= 4 is 33.3 Å². The van der Waals surface area contributed by atoms with E-state index in [9.17, 15) is 0 Å². The first-order valence-electron chi connectivity index (χ1n) is 6.74. The first-order valence-corrected chi connectivity index (χ1v) is 7.94. The Morgan fingerprint density at radius 3 is 3.10 bits per heavy atom. The zero-order valence-electron chi connectivity index (χ0n) is 12.0. The summed E-state index contributed by atoms with van der Waals surface area (Å²) < 4.78 is 12.7. The Morgan fingerprint density at radius 2 is 2.43 bits per heavy atom. The molecule has 2 aliphatic rings. The Labute approximate surface area is 138 Å². The normalized spacial score (nSPS) is 26.5. The minimum absolute atomic E-state index is 0.124. The van der Waals surface area contributed by atoms with Crippen molar-refractivity contribution in [3.05, 3.63) is 34.8 Å². The van der Waals surface area contributed by atoms with E-state index in [1.165, 1.54) is 0 Å². The molecule has 1 saturated heterocycles. The van der Waals surface area contributed by atoms with E-state index in [4.69, 9.17) is 21.7 Å². The van der Waals surface area contributed by atoms with Crippen LogP contribution in [-0.2, 0) is 0 Å². The van der Waals surface area contributed by atoms with Crippen molar-refractivity contribution in [2.75, 3.05) is 13.7 Å². The molecule has 0 spiro atoms. The van der Waals surface area contributed by atoms with Gasteiger partial charge in [-0.25, -0.2) is 0 Å². The number of fused-ring (bicyclic) bond motifs is 4. The SMILES string of the molecule is C=CCN1C(=S)NC2CC1(C)Oc1c(OC)cc(Br)cc12. The van der Waals surface area contributed by atoms with Gasteiger partial charge in [-0.1, -0.05) is 22.0 Å². The van der Waals surface area contributed by atoms with Gasteiger partial charge in [-0.3, -0.25) is 0 Å². The van der Waals surface area contributed by atoms with Gasteiger partial charge in [0.1, 0.15) is 0 Å². The molecule has 1 fully saturated rings. The van der Waals surface area contributed by atoms with Crippen molar-refractivity contribution < 1.29 is 9.47 Å². The standard InChI is InChI=1S/C15H17BrN2O2S/c1-4-5-18-14(21)17-11-8-15(18,2)20-13-10(11)6-9(16)7-12(13)19-3/h4,6-7,11H,1,5,8H2,2-3H3,(H,17,21). The van der Waals surface area contributed by atoms with Crippen LogP contribution in [0.1, 0.15) is 24.9 Å². The summed E-state index contributed by atoms with van der Waals surface area (Å²) in [6.45, 7) is 6.50. The van der Waals surface area contributed by atoms with Crippen LogP contribution in [0.5, 0.6) is 11.5 Å². The molecule has 0 aliphatic carbocycles. The number of nitrogens with one attached hydrogen (secondary N) is 1. The zero-order valence-corrected chi connectivity index (χ0v) is 14.4. The lowest BCUT2D eigenvalue weighted by Crippen LogP contribution is -2.64. The lowest BCUT2D eigenvalue weighted by molar-refractivity contribution is -0.0646. The summed E-state index contributed by atoms with van der Waals surface area (Å²) in [5.41, 5.74) is 0.578. The van der Waals surface area contributed by atoms with Crippen LogP contribution in [0, 0.1) is 0 Å². The van der Waals surface area contributed by atoms with E-state index in [0.29, 0.717) is 11.7 Å². The number of benzene rings is 1. The molecule has 21 heavy (non-hydrogen) atoms. The smallest absolute Gasteiger partial charge is 0.184 e. The van der Waals surface area contributed by atoms with Gasteiger partial charge < -0.3 is 19.7 Å². The number of methoxy groups -OCH3 is 1. The average molecular weight is 369 g/mol. The van der Waals surface area contributed by atoms with Crippen LogP contribution in [0.3, 0.4) is 0 Å². The molecule has 1 aromatic rings. The summed E-state index contributed by atoms with van der Waals surface area (Å²) in [5.74, 6) is 1.51. The first-order chi connectivity index (χ1) is 9.98. The maximum Gasteiger partial charge on any atom is 0.184 e. The Balaban J connectivity index is 2.11. The summed E-state index contributed by atoms with van der Waals surface area (Å²) in [6.07, 6.45) is 2.64. The fourth-order valence-corrected chi connectivity index (χ4v) is 3.86. The summed E-state index contributed by atoms with van der Waals surface area (Å²) >= 11 is 9.00. The van der Waals surface area contributed by atoms with Crippen LogP contribution in [0.2, 0.25) is 0 Å². The second-order valence-corrected chi connectivity index (χ2v) is 6.71. The molecule has 112 valence electrons. The highest BCUT2D eigenvalue weighted by atomic mass is 79.9. The molecule has 0 amide bonds. The molecule has 2 aliphatic heterocycles. The van der Waals surface area contributed by atoms with Crippen LogP contribution < -0.4 is 14.8 Å². The molecular formula is C15H17BrN2O2S. The maximum atomic E-state index is 6.31. The molecule has 0 saturated carbocycles. The highest BCUT2D eigenvalue weighted by molar-refractivity contribution is 9.10. The molecule has 2 heterocycles. The lowest BCUT2D eigenvalue weighted by atomic mass is 9.90. The van der Waals surface area contributed by atoms with Gasteiger partial charge in [0.05, 0.1) is 13.2 Å². The first kappa shape index (κ1) is 14.7. The minimum Gasteiger partial charge on any atom is -0.493 e. The summed E-state index contributed by atoms with van der Waals surface area (Å²) in [7, 11) is 1.65. The largest absolute Gasteiger partial charge is 0.493 e. The van der Waals surface area contributed by atoms with E-state index < -0.39 is 5.72 Å². The van der Waals surface area contributed by atoms with Gasteiger partial charge in [0.2, 0.25) is 0 Å². The number of nitrogens with zero attached hydrogens (tertiary/aromatic N) is 1. The third-order valence-electron chi connectivity index (χ3n) is 3.97. The Morgan fingerprint density at radius 1 is 1.67 bits per heavy atom. The van der Waals surface area contributed by atoms with Crippen molar-refractivity contribution in [2.45, 2.75) is 25.1 Å². The van der Waals surface area contributed by atoms with Gasteiger partial charge in [0, 0.05) is 23.0 Å². The van der Waals surface area contributed by atoms with E-state index in [-0.39, 0.29) is 6.04 Å². The van der Waals surface area contributed by atoms with Crippen molar-refractivity contribution in [3.8, 4) is 11.5 Å². The molecular weight excluding hydrogens is 352 g/mol. The Bertz CT molecular complexity index is 622. The van der Waals surface area contributed by atoms with Crippen molar-refractivity contribution in [1.82, 2.24) is 10.2 Å². The highest BCUT2D eigenvalue weighted by Crippen LogP contribution is 2.49. The van der Waals surface area contributed by atoms with Crippen LogP contribution >= 0.6 is 28.1 Å². The molecule has 3 rings (SSSR count). The third kappa shape index (κ3) is 2.30. The second kappa shape index (κ2) is 5.18. The fraction of sp³-hybridized carbons (Fsp3) is 0.400. The molecule has 2 atom stereocenters. The second-order valence-electron chi connectivity index (χ2n) is 5.41. The van der Waals surface area contributed by atoms with E-state index in [2.05, 4.69) is 40.8 Å². The third-order valence-corrected chi connectivity index (χ3v) is 4.77. The number of rotatable bonds is 3. The molecule has 0 aromatic heterocycles. The van der Waals surface area contributed by atoms with E-state index in [1.807, 2.05) is 17.0 Å². The maximum absolute atomic E-state index is 6.31. The summed E-state index contributed by atoms with van der Waals surface area (Å²) in [5, 5.41) is 4.09. The van der Waals surface area contributed by atoms with Crippen LogP contribution in [0.4, 0.5) is 0 Å². The van der Waals surface area contributed by atoms with Crippen molar-refractivity contribution in [3.63, 3.8) is 0 Å². The monoisotopic (exact) mass is 368 g/mol. The minimum atomic E-state index is -0.491. The number of halogens is 1. The predicted octanol–water partition coefficient (Wildman–Crippen LogP) is 3.37. The molecule has 1 N–H and O–H groups in total. The van der Waals surface area contributed by atoms with Gasteiger partial charge in [-0.2, -0.15) is 0 Å². The van der Waals surface area contributed by atoms with Crippen LogP contribution in [0.15, 0.2) is 29.3 Å². The predicted molar refractivity (Wildman–Crippen MR) is 89.7 cm³/mol. The van der Waals surface area contributed by atoms with Gasteiger partial charge >= 0.3 is 0 Å². The summed E-state index contributed by atoms with van der Waals surface area (Å²) in [4.78, 5) is 2.02. The van der Waals surface area contributed by atoms with Gasteiger partial charge in [-0.05, 0) is 31.3 Å². The topological polar surface area (TPSA) is 33.7 Å². The van der Waals surface area contributed by atoms with Crippen molar-refractivity contribution in [1.29, 1.82) is 0 Å². The van der Waals surface area contributed by atoms with E-state index in [1.54, 1.807) is 7.11 Å². The van der Waals surface area contributed by atoms with Gasteiger partial charge in [0.15, 0.2) is 22.3 Å². The van der Waals surface area contributed by atoms with E-state index in [0.717, 1.165) is 28.0 Å². The number of hydrogen-bond donors (Lipinski definition) is 1. The Kier molecular flexibility index (Phi) is 3.61. The quantitative estimate of drug-likeness (QED) is 0.653. The molecule has 0 radical (unpaired) electrons. The van der Waals surface area contributed by atoms with Crippen LogP contribution in [-0.4, -0.2) is 29.4 Å². The number of hydrogen-bond acceptors (Lipinski definition) is 3. The average Bonchev–Trinajstić information content (AvgIpc) is 2.43. The fourth-order valence-electron chi connectivity index (χ4n) is 3.00. The Hall–Kier alpha value is -1.27. The summed E-state index contributed by atoms with van der Waals surface area (Å²) in [6, 6.07) is 4.10. The van der Waals surface area contributed by atoms with Crippen molar-refractivity contribution in [2.24, 2.45) is 0 Å². The molecule has 2 bridgehead atoms. The highest BCUT2D eigenvalue weighted by Gasteiger charge is 2.48. The molecule has 1 aromatic carbocycles. The van der Waals surface area contributed by atoms with Gasteiger partial charge in [0.25, 0.3) is 0 Å². The zero-order chi connectivity index (χ0) is 15.2. The van der Waals surface area contributed by atoms with Crippen LogP contribution in [0.25, 0.3) is 0 Å². The molecule has 6 heteroatoms. The van der Waals surface area contributed by atoms with E-state index >= 15 is 0 Å². The lowest BCUT2D eigenvalue weighted by Gasteiger charge is -2.52. The number of ether oxygens (including phenoxy) is 2. The molecule has 4 nitrogen and oxygen atoms in total. The van der Waals surface area contributed by atoms with Gasteiger partial charge in [-0.15, -0.1) is 6.58 Å². The molecule has 2 unspecified atom stereocenters. The number of thiocarbonyl (C=S) groups is 1.